The fourth-order valence-electron chi connectivity index (χ4n) is 8.10. The van der Waals surface area contributed by atoms with Crippen molar-refractivity contribution in [3.05, 3.63) is 209 Å². The van der Waals surface area contributed by atoms with Gasteiger partial charge in [-0.2, -0.15) is 10.2 Å². The smallest absolute Gasteiger partial charge is 0.291 e. The quantitative estimate of drug-likeness (QED) is 0.0965. The zero-order valence-electron chi connectivity index (χ0n) is 39.9. The predicted molar refractivity (Wildman–Crippen MR) is 289 cm³/mol. The summed E-state index contributed by atoms with van der Waals surface area (Å²) in [6.45, 7) is 9.89. The van der Waals surface area contributed by atoms with Crippen LogP contribution in [0, 0.1) is 0 Å². The van der Waals surface area contributed by atoms with Crippen LogP contribution >= 0.6 is 46.4 Å². The van der Waals surface area contributed by atoms with Crippen molar-refractivity contribution in [1.82, 2.24) is 19.6 Å². The van der Waals surface area contributed by atoms with E-state index in [1.54, 1.807) is 109 Å². The van der Waals surface area contributed by atoms with Crippen molar-refractivity contribution in [2.45, 2.75) is 54.6 Å². The van der Waals surface area contributed by atoms with E-state index in [1.165, 1.54) is 37.1 Å². The minimum atomic E-state index is -0.468. The number of anilines is 6. The second kappa shape index (κ2) is 22.7. The molecule has 0 saturated heterocycles. The third-order valence-corrected chi connectivity index (χ3v) is 12.2. The van der Waals surface area contributed by atoms with E-state index in [4.69, 9.17) is 46.4 Å². The van der Waals surface area contributed by atoms with Gasteiger partial charge >= 0.3 is 0 Å². The van der Waals surface area contributed by atoms with Gasteiger partial charge in [-0.3, -0.25) is 28.8 Å². The van der Waals surface area contributed by atoms with Crippen LogP contribution in [-0.4, -0.2) is 42.7 Å². The number of Topliss-reactive ketones (excluding diaryl/α,β-unsaturated/α-hetero) is 4. The van der Waals surface area contributed by atoms with Gasteiger partial charge in [-0.1, -0.05) is 131 Å². The number of carbonyl (C=O) groups is 4. The summed E-state index contributed by atoms with van der Waals surface area (Å²) >= 11 is 25.3. The lowest BCUT2D eigenvalue weighted by Crippen LogP contribution is -2.32. The molecule has 0 aliphatic rings. The molecule has 12 nitrogen and oxygen atoms in total. The van der Waals surface area contributed by atoms with Gasteiger partial charge in [-0.25, -0.2) is 9.36 Å². The molecule has 0 radical (unpaired) electrons. The summed E-state index contributed by atoms with van der Waals surface area (Å²) in [5.41, 5.74) is 4.49. The summed E-state index contributed by atoms with van der Waals surface area (Å²) in [5, 5.41) is 10.5. The summed E-state index contributed by atoms with van der Waals surface area (Å²) < 4.78 is 2.64. The van der Waals surface area contributed by atoms with Crippen LogP contribution in [0.1, 0.15) is 83.0 Å². The van der Waals surface area contributed by atoms with E-state index in [2.05, 4.69) is 10.2 Å². The first-order chi connectivity index (χ1) is 34.4. The number of benzene rings is 6. The molecule has 72 heavy (non-hydrogen) atoms. The first-order valence-electron chi connectivity index (χ1n) is 22.6. The Balaban J connectivity index is 0.000000212. The Kier molecular flexibility index (Phi) is 16.5. The average molecular weight is 1040 g/mol. The van der Waals surface area contributed by atoms with Gasteiger partial charge < -0.3 is 9.80 Å². The number of nitrogens with zero attached hydrogens (tertiary/aromatic N) is 6. The van der Waals surface area contributed by atoms with E-state index >= 15 is 0 Å². The Labute approximate surface area is 435 Å². The Morgan fingerprint density at radius 1 is 0.431 bits per heavy atom. The molecule has 0 atom stereocenters. The lowest BCUT2D eigenvalue weighted by molar-refractivity contribution is 0.100. The number of aromatic nitrogens is 4. The minimum Gasteiger partial charge on any atom is -0.305 e. The van der Waals surface area contributed by atoms with E-state index in [1.807, 2.05) is 60.7 Å². The van der Waals surface area contributed by atoms with Crippen LogP contribution in [0.5, 0.6) is 0 Å². The number of rotatable bonds is 14. The van der Waals surface area contributed by atoms with Crippen LogP contribution < -0.4 is 20.9 Å². The summed E-state index contributed by atoms with van der Waals surface area (Å²) in [5.74, 6) is -0.955. The van der Waals surface area contributed by atoms with Crippen molar-refractivity contribution in [2.24, 2.45) is 0 Å². The van der Waals surface area contributed by atoms with E-state index in [-0.39, 0.29) is 58.7 Å². The predicted octanol–water partition coefficient (Wildman–Crippen LogP) is 14.2. The molecule has 16 heteroatoms. The number of hydrogen-bond donors (Lipinski definition) is 0. The topological polar surface area (TPSA) is 145 Å². The maximum absolute atomic E-state index is 13.9. The molecule has 0 spiro atoms. The number of hydrogen-bond acceptors (Lipinski definition) is 10. The molecule has 0 aliphatic carbocycles. The lowest BCUT2D eigenvalue weighted by Gasteiger charge is -2.28. The minimum absolute atomic E-state index is 0.0878. The normalized spacial score (nSPS) is 10.8. The molecule has 2 aromatic heterocycles. The highest BCUT2D eigenvalue weighted by Gasteiger charge is 2.30. The van der Waals surface area contributed by atoms with Crippen LogP contribution in [0.3, 0.4) is 0 Å². The fraction of sp³-hybridized carbons (Fsp3) is 0.143. The van der Waals surface area contributed by atoms with Crippen LogP contribution in [0.4, 0.5) is 34.1 Å². The second-order valence-corrected chi connectivity index (χ2v) is 18.1. The zero-order valence-corrected chi connectivity index (χ0v) is 42.9. The van der Waals surface area contributed by atoms with Crippen molar-refractivity contribution in [3.63, 3.8) is 0 Å². The first kappa shape index (κ1) is 52.3. The molecule has 8 aromatic rings. The molecule has 8 rings (SSSR count). The maximum atomic E-state index is 13.9. The van der Waals surface area contributed by atoms with Gasteiger partial charge in [0.25, 0.3) is 11.1 Å². The fourth-order valence-corrected chi connectivity index (χ4v) is 9.13. The van der Waals surface area contributed by atoms with Gasteiger partial charge in [-0.05, 0) is 102 Å². The number of aryl methyl sites for hydroxylation is 2. The molecule has 0 saturated carbocycles. The van der Waals surface area contributed by atoms with Gasteiger partial charge in [0.1, 0.15) is 22.8 Å². The van der Waals surface area contributed by atoms with Crippen LogP contribution in [0.25, 0.3) is 22.5 Å². The summed E-state index contributed by atoms with van der Waals surface area (Å²) in [6.07, 6.45) is 0. The summed E-state index contributed by atoms with van der Waals surface area (Å²) in [6, 6.07) is 41.8. The largest absolute Gasteiger partial charge is 0.305 e. The highest BCUT2D eigenvalue weighted by atomic mass is 35.5. The second-order valence-electron chi connectivity index (χ2n) is 16.4. The highest BCUT2D eigenvalue weighted by molar-refractivity contribution is 6.36. The molecular formula is C56H46Cl4N6O6. The Bertz CT molecular complexity index is 3380. The highest BCUT2D eigenvalue weighted by Crippen LogP contribution is 2.42. The lowest BCUT2D eigenvalue weighted by atomic mass is 10.00. The van der Waals surface area contributed by atoms with Crippen LogP contribution in [0.15, 0.2) is 155 Å². The van der Waals surface area contributed by atoms with Crippen LogP contribution in [-0.2, 0) is 13.1 Å². The molecule has 2 heterocycles. The van der Waals surface area contributed by atoms with Crippen molar-refractivity contribution in [2.75, 3.05) is 9.80 Å². The first-order valence-corrected chi connectivity index (χ1v) is 24.1. The van der Waals surface area contributed by atoms with Gasteiger partial charge in [-0.15, -0.1) is 0 Å². The molecule has 0 amide bonds. The van der Waals surface area contributed by atoms with Crippen molar-refractivity contribution < 1.29 is 19.2 Å². The van der Waals surface area contributed by atoms with Gasteiger partial charge in [0.15, 0.2) is 23.1 Å². The molecule has 0 unspecified atom stereocenters. The molecule has 0 aliphatic heterocycles. The Morgan fingerprint density at radius 3 is 1.07 bits per heavy atom. The standard InChI is InChI=1S/C30H27N3O4.C26H19Cl4N3O2/c1-5-32-30(37)29(27(21(4)36)28(31-32)22-11-7-6-8-12-22)33(25-15-9-13-23(17-25)19(2)34)26-16-10-14-24(18-26)20(3)35;1-3-32-26(35)25(23(15(2)34)24(31-32)16-7-5-4-6-8-16)33(21-11-17(27)9-18(28)12-21)22-13-19(29)10-20(30)14-22/h6-18H,5H2,1-4H3;4-14H,3H2,1-2H3. The molecule has 0 bridgehead atoms. The third-order valence-electron chi connectivity index (χ3n) is 11.3. The molecule has 364 valence electrons. The summed E-state index contributed by atoms with van der Waals surface area (Å²) in [4.78, 5) is 81.7. The van der Waals surface area contributed by atoms with E-state index in [0.29, 0.717) is 76.5 Å². The van der Waals surface area contributed by atoms with E-state index < -0.39 is 11.1 Å². The maximum Gasteiger partial charge on any atom is 0.291 e. The van der Waals surface area contributed by atoms with Crippen LogP contribution in [0.2, 0.25) is 20.1 Å². The molecule has 0 N–H and O–H groups in total. The van der Waals surface area contributed by atoms with Gasteiger partial charge in [0, 0.05) is 78.2 Å². The van der Waals surface area contributed by atoms with Gasteiger partial charge in [0.2, 0.25) is 0 Å². The molecule has 0 fully saturated rings. The zero-order chi connectivity index (χ0) is 52.0. The van der Waals surface area contributed by atoms with Crippen molar-refractivity contribution in [1.29, 1.82) is 0 Å². The van der Waals surface area contributed by atoms with E-state index in [9.17, 15) is 28.8 Å². The van der Waals surface area contributed by atoms with E-state index in [0.717, 1.165) is 0 Å². The average Bonchev–Trinajstić information content (AvgIpc) is 3.35. The third kappa shape index (κ3) is 11.3. The van der Waals surface area contributed by atoms with Gasteiger partial charge in [0.05, 0.1) is 11.1 Å². The number of carbonyl (C=O) groups excluding carboxylic acids is 4. The molecular weight excluding hydrogens is 994 g/mol. The van der Waals surface area contributed by atoms with Crippen molar-refractivity contribution >= 4 is 104 Å². The number of ketones is 4. The summed E-state index contributed by atoms with van der Waals surface area (Å²) in [7, 11) is 0. The van der Waals surface area contributed by atoms with Crippen molar-refractivity contribution in [3.8, 4) is 22.5 Å². The number of halogens is 4. The Morgan fingerprint density at radius 2 is 0.764 bits per heavy atom. The monoisotopic (exact) mass is 1040 g/mol. The SMILES string of the molecule is CCn1nc(-c2ccccc2)c(C(C)=O)c(N(c2cc(Cl)cc(Cl)c2)c2cc(Cl)cc(Cl)c2)c1=O.CCn1nc(-c2ccccc2)c(C(C)=O)c(N(c2cccc(C(C)=O)c2)c2cccc(C(C)=O)c2)c1=O. The molecule has 6 aromatic carbocycles. The Hall–Kier alpha value is -7.48.